The molecule has 3 N–H and O–H groups in total. The van der Waals surface area contributed by atoms with E-state index in [1.165, 1.54) is 0 Å². The fourth-order valence-corrected chi connectivity index (χ4v) is 1.80. The topological polar surface area (TPSA) is 77.1 Å². The van der Waals surface area contributed by atoms with Crippen molar-refractivity contribution < 1.29 is 4.79 Å². The molecule has 1 aromatic heterocycles. The first-order valence-electron chi connectivity index (χ1n) is 5.83. The Bertz CT molecular complexity index is 646. The van der Waals surface area contributed by atoms with Crippen LogP contribution in [0.4, 0.5) is 5.82 Å². The minimum Gasteiger partial charge on any atom is -0.384 e. The number of rotatable bonds is 3. The molecule has 2 aromatic rings. The monoisotopic (exact) mass is 245 g/mol. The van der Waals surface area contributed by atoms with E-state index in [4.69, 9.17) is 5.73 Å². The molecule has 0 unspecified atom stereocenters. The van der Waals surface area contributed by atoms with E-state index in [1.807, 2.05) is 19.1 Å². The Hall–Kier alpha value is -2.30. The van der Waals surface area contributed by atoms with Crippen LogP contribution in [-0.4, -0.2) is 10.6 Å². The highest BCUT2D eigenvalue weighted by atomic mass is 16.2. The summed E-state index contributed by atoms with van der Waals surface area (Å²) in [5.74, 6) is 0.00438. The van der Waals surface area contributed by atoms with E-state index in [2.05, 4.69) is 5.43 Å². The van der Waals surface area contributed by atoms with Crippen LogP contribution in [0.3, 0.4) is 0 Å². The number of nitrogen functional groups attached to an aromatic ring is 1. The van der Waals surface area contributed by atoms with Crippen molar-refractivity contribution in [2.24, 2.45) is 0 Å². The highest BCUT2D eigenvalue weighted by Gasteiger charge is 2.08. The van der Waals surface area contributed by atoms with E-state index >= 15 is 0 Å². The largest absolute Gasteiger partial charge is 0.384 e. The predicted octanol–water partition coefficient (Wildman–Crippen LogP) is 1.45. The number of hydrogen-bond acceptors (Lipinski definition) is 3. The van der Waals surface area contributed by atoms with Crippen molar-refractivity contribution in [2.75, 3.05) is 11.2 Å². The molecular weight excluding hydrogens is 230 g/mol. The summed E-state index contributed by atoms with van der Waals surface area (Å²) in [6.45, 7) is 1.89. The minimum absolute atomic E-state index is 0.221. The van der Waals surface area contributed by atoms with Crippen molar-refractivity contribution in [3.63, 3.8) is 0 Å². The molecule has 0 saturated carbocycles. The van der Waals surface area contributed by atoms with Crippen molar-refractivity contribution in [3.8, 4) is 0 Å². The van der Waals surface area contributed by atoms with Gasteiger partial charge in [-0.2, -0.15) is 0 Å². The zero-order chi connectivity index (χ0) is 13.1. The van der Waals surface area contributed by atoms with E-state index < -0.39 is 0 Å². The summed E-state index contributed by atoms with van der Waals surface area (Å²) in [4.78, 5) is 23.7. The standard InChI is InChI=1S/C13H15N3O2/c1-2-5-12(17)15-16-11(14)8-9-6-3-4-7-10(9)13(16)18/h3-4,6-8H,2,5,14H2,1H3,(H,15,17). The molecule has 18 heavy (non-hydrogen) atoms. The summed E-state index contributed by atoms with van der Waals surface area (Å²) < 4.78 is 1.10. The summed E-state index contributed by atoms with van der Waals surface area (Å²) in [6.07, 6.45) is 1.08. The van der Waals surface area contributed by atoms with Crippen LogP contribution >= 0.6 is 0 Å². The Morgan fingerprint density at radius 2 is 2.11 bits per heavy atom. The maximum Gasteiger partial charge on any atom is 0.278 e. The number of nitrogens with one attached hydrogen (secondary N) is 1. The van der Waals surface area contributed by atoms with Crippen LogP contribution in [0.25, 0.3) is 10.8 Å². The summed E-state index contributed by atoms with van der Waals surface area (Å²) in [5.41, 5.74) is 7.98. The molecule has 0 aliphatic carbocycles. The van der Waals surface area contributed by atoms with Crippen molar-refractivity contribution >= 4 is 22.5 Å². The lowest BCUT2D eigenvalue weighted by Crippen LogP contribution is -2.34. The third kappa shape index (κ3) is 2.20. The molecule has 2 rings (SSSR count). The predicted molar refractivity (Wildman–Crippen MR) is 71.9 cm³/mol. The van der Waals surface area contributed by atoms with Crippen LogP contribution in [0.2, 0.25) is 0 Å². The molecule has 0 spiro atoms. The number of nitrogens with zero attached hydrogens (tertiary/aromatic N) is 1. The molecule has 1 heterocycles. The fourth-order valence-electron chi connectivity index (χ4n) is 1.80. The molecule has 0 fully saturated rings. The van der Waals surface area contributed by atoms with Crippen molar-refractivity contribution in [2.45, 2.75) is 19.8 Å². The van der Waals surface area contributed by atoms with Gasteiger partial charge in [0.25, 0.3) is 5.56 Å². The van der Waals surface area contributed by atoms with E-state index in [0.717, 1.165) is 10.1 Å². The smallest absolute Gasteiger partial charge is 0.278 e. The number of anilines is 1. The number of nitrogens with two attached hydrogens (primary N) is 1. The van der Waals surface area contributed by atoms with Gasteiger partial charge in [-0.3, -0.25) is 15.0 Å². The Morgan fingerprint density at radius 3 is 2.83 bits per heavy atom. The molecule has 0 radical (unpaired) electrons. The van der Waals surface area contributed by atoms with Gasteiger partial charge in [0.05, 0.1) is 0 Å². The Kier molecular flexibility index (Phi) is 3.32. The number of amides is 1. The molecule has 5 nitrogen and oxygen atoms in total. The SMILES string of the molecule is CCCC(=O)Nn1c(N)cc2ccccc2c1=O. The quantitative estimate of drug-likeness (QED) is 0.859. The molecule has 94 valence electrons. The Labute approximate surface area is 104 Å². The highest BCUT2D eigenvalue weighted by Crippen LogP contribution is 2.12. The van der Waals surface area contributed by atoms with Gasteiger partial charge in [-0.05, 0) is 23.9 Å². The molecule has 0 aliphatic rings. The van der Waals surface area contributed by atoms with Gasteiger partial charge in [0.1, 0.15) is 5.82 Å². The minimum atomic E-state index is -0.310. The lowest BCUT2D eigenvalue weighted by Gasteiger charge is -2.12. The van der Waals surface area contributed by atoms with E-state index in [1.54, 1.807) is 18.2 Å². The number of carbonyl (C=O) groups excluding carboxylic acids is 1. The fraction of sp³-hybridized carbons (Fsp3) is 0.231. The van der Waals surface area contributed by atoms with Crippen molar-refractivity contribution in [1.29, 1.82) is 0 Å². The molecule has 0 aliphatic heterocycles. The molecule has 5 heteroatoms. The number of pyridine rings is 1. The van der Waals surface area contributed by atoms with Crippen molar-refractivity contribution in [3.05, 3.63) is 40.7 Å². The first-order chi connectivity index (χ1) is 8.63. The van der Waals surface area contributed by atoms with E-state index in [9.17, 15) is 9.59 Å². The Balaban J connectivity index is 2.51. The molecule has 0 atom stereocenters. The number of carbonyl (C=O) groups is 1. The van der Waals surface area contributed by atoms with Crippen LogP contribution in [-0.2, 0) is 4.79 Å². The van der Waals surface area contributed by atoms with Gasteiger partial charge in [0.15, 0.2) is 0 Å². The highest BCUT2D eigenvalue weighted by molar-refractivity contribution is 5.87. The van der Waals surface area contributed by atoms with E-state index in [0.29, 0.717) is 18.2 Å². The van der Waals surface area contributed by atoms with Crippen molar-refractivity contribution in [1.82, 2.24) is 4.68 Å². The normalized spacial score (nSPS) is 10.5. The first-order valence-corrected chi connectivity index (χ1v) is 5.83. The van der Waals surface area contributed by atoms with Crippen LogP contribution in [0, 0.1) is 0 Å². The summed E-state index contributed by atoms with van der Waals surface area (Å²) in [6, 6.07) is 8.80. The first kappa shape index (κ1) is 12.2. The van der Waals surface area contributed by atoms with Crippen LogP contribution in [0.15, 0.2) is 35.1 Å². The maximum absolute atomic E-state index is 12.2. The average molecular weight is 245 g/mol. The summed E-state index contributed by atoms with van der Waals surface area (Å²) in [5, 5.41) is 1.30. The summed E-state index contributed by atoms with van der Waals surface area (Å²) in [7, 11) is 0. The molecule has 1 amide bonds. The van der Waals surface area contributed by atoms with Gasteiger partial charge >= 0.3 is 0 Å². The number of hydrogen-bond donors (Lipinski definition) is 2. The second-order valence-electron chi connectivity index (χ2n) is 4.08. The van der Waals surface area contributed by atoms with Gasteiger partial charge in [0.2, 0.25) is 5.91 Å². The third-order valence-electron chi connectivity index (χ3n) is 2.67. The van der Waals surface area contributed by atoms with E-state index in [-0.39, 0.29) is 17.3 Å². The van der Waals surface area contributed by atoms with Gasteiger partial charge in [-0.15, -0.1) is 0 Å². The van der Waals surface area contributed by atoms with Gasteiger partial charge in [-0.25, -0.2) is 4.68 Å². The maximum atomic E-state index is 12.2. The second-order valence-corrected chi connectivity index (χ2v) is 4.08. The lowest BCUT2D eigenvalue weighted by atomic mass is 10.2. The number of fused-ring (bicyclic) bond motifs is 1. The molecule has 1 aromatic carbocycles. The Morgan fingerprint density at radius 1 is 1.39 bits per heavy atom. The third-order valence-corrected chi connectivity index (χ3v) is 2.67. The average Bonchev–Trinajstić information content (AvgIpc) is 2.35. The molecule has 0 bridgehead atoms. The number of benzene rings is 1. The zero-order valence-corrected chi connectivity index (χ0v) is 10.1. The molecular formula is C13H15N3O2. The summed E-state index contributed by atoms with van der Waals surface area (Å²) >= 11 is 0. The zero-order valence-electron chi connectivity index (χ0n) is 10.1. The van der Waals surface area contributed by atoms with Crippen LogP contribution in [0.1, 0.15) is 19.8 Å². The number of aromatic nitrogens is 1. The van der Waals surface area contributed by atoms with Gasteiger partial charge in [-0.1, -0.05) is 25.1 Å². The van der Waals surface area contributed by atoms with Crippen LogP contribution in [0.5, 0.6) is 0 Å². The molecule has 0 saturated heterocycles. The lowest BCUT2D eigenvalue weighted by molar-refractivity contribution is -0.117. The van der Waals surface area contributed by atoms with Gasteiger partial charge < -0.3 is 5.73 Å². The van der Waals surface area contributed by atoms with Crippen LogP contribution < -0.4 is 16.7 Å². The second kappa shape index (κ2) is 4.91. The van der Waals surface area contributed by atoms with Gasteiger partial charge in [0, 0.05) is 11.8 Å².